The summed E-state index contributed by atoms with van der Waals surface area (Å²) < 4.78 is 11.3. The number of ether oxygens (including phenoxy) is 2. The van der Waals surface area contributed by atoms with Crippen molar-refractivity contribution in [1.29, 1.82) is 0 Å². The predicted molar refractivity (Wildman–Crippen MR) is 147 cm³/mol. The fraction of sp³-hybridized carbons (Fsp3) is 0.323. The molecule has 2 fully saturated rings. The third-order valence-electron chi connectivity index (χ3n) is 7.22. The number of benzene rings is 2. The Balaban J connectivity index is 1.40. The van der Waals surface area contributed by atoms with E-state index < -0.39 is 17.7 Å². The maximum Gasteiger partial charge on any atom is 0.295 e. The van der Waals surface area contributed by atoms with Crippen LogP contribution in [0.25, 0.3) is 5.76 Å². The molecule has 0 saturated carbocycles. The van der Waals surface area contributed by atoms with Crippen molar-refractivity contribution in [3.63, 3.8) is 0 Å². The van der Waals surface area contributed by atoms with E-state index in [1.807, 2.05) is 49.4 Å². The van der Waals surface area contributed by atoms with Gasteiger partial charge in [0.1, 0.15) is 18.1 Å². The van der Waals surface area contributed by atoms with Crippen molar-refractivity contribution < 1.29 is 24.2 Å². The third-order valence-corrected chi connectivity index (χ3v) is 7.22. The summed E-state index contributed by atoms with van der Waals surface area (Å²) in [5, 5.41) is 11.5. The molecule has 3 aromatic rings. The Morgan fingerprint density at radius 2 is 1.85 bits per heavy atom. The third kappa shape index (κ3) is 6.02. The second kappa shape index (κ2) is 12.2. The summed E-state index contributed by atoms with van der Waals surface area (Å²) in [6, 6.07) is 18.1. The molecular formula is C31H33N3O5. The number of aliphatic hydroxyl groups is 1. The first kappa shape index (κ1) is 26.6. The highest BCUT2D eigenvalue weighted by Gasteiger charge is 2.46. The topological polar surface area (TPSA) is 92.2 Å². The van der Waals surface area contributed by atoms with Gasteiger partial charge in [-0.05, 0) is 54.3 Å². The number of likely N-dealkylation sites (tertiary alicyclic amines) is 1. The SMILES string of the molecule is Cc1cc(OCc2ccccc2)ccc1C(O)=C1C(=O)C(=O)N(CCCN2CCOCC2)[C@H]1c1cccnc1. The minimum Gasteiger partial charge on any atom is -0.507 e. The number of hydrogen-bond acceptors (Lipinski definition) is 7. The van der Waals surface area contributed by atoms with E-state index in [4.69, 9.17) is 9.47 Å². The smallest absolute Gasteiger partial charge is 0.295 e. The summed E-state index contributed by atoms with van der Waals surface area (Å²) in [5.74, 6) is -0.824. The molecule has 5 rings (SSSR count). The molecule has 202 valence electrons. The van der Waals surface area contributed by atoms with Gasteiger partial charge >= 0.3 is 0 Å². The van der Waals surface area contributed by atoms with Crippen molar-refractivity contribution >= 4 is 17.4 Å². The van der Waals surface area contributed by atoms with Crippen LogP contribution in [0.1, 0.15) is 34.7 Å². The molecular weight excluding hydrogens is 494 g/mol. The van der Waals surface area contributed by atoms with Crippen molar-refractivity contribution in [2.75, 3.05) is 39.4 Å². The Bertz CT molecular complexity index is 1340. The summed E-state index contributed by atoms with van der Waals surface area (Å²) in [4.78, 5) is 34.6. The normalized spacial score (nSPS) is 19.4. The molecule has 1 aromatic heterocycles. The molecule has 1 atom stereocenters. The number of carbonyl (C=O) groups excluding carboxylic acids is 2. The Hall–Kier alpha value is -4.01. The molecule has 1 amide bonds. The number of hydrogen-bond donors (Lipinski definition) is 1. The van der Waals surface area contributed by atoms with Crippen molar-refractivity contribution in [1.82, 2.24) is 14.8 Å². The molecule has 39 heavy (non-hydrogen) atoms. The zero-order valence-electron chi connectivity index (χ0n) is 22.1. The summed E-state index contributed by atoms with van der Waals surface area (Å²) >= 11 is 0. The van der Waals surface area contributed by atoms with E-state index in [2.05, 4.69) is 9.88 Å². The Morgan fingerprint density at radius 3 is 2.56 bits per heavy atom. The maximum atomic E-state index is 13.3. The van der Waals surface area contributed by atoms with Crippen molar-refractivity contribution in [2.24, 2.45) is 0 Å². The average Bonchev–Trinajstić information content (AvgIpc) is 3.22. The second-order valence-electron chi connectivity index (χ2n) is 9.84. The molecule has 3 heterocycles. The number of aryl methyl sites for hydroxylation is 1. The monoisotopic (exact) mass is 527 g/mol. The molecule has 0 bridgehead atoms. The molecule has 0 spiro atoms. The van der Waals surface area contributed by atoms with E-state index in [0.29, 0.717) is 49.7 Å². The van der Waals surface area contributed by atoms with Crippen LogP contribution in [0, 0.1) is 6.92 Å². The van der Waals surface area contributed by atoms with Crippen LogP contribution in [0.2, 0.25) is 0 Å². The van der Waals surface area contributed by atoms with Crippen molar-refractivity contribution in [3.8, 4) is 5.75 Å². The van der Waals surface area contributed by atoms with Gasteiger partial charge in [-0.25, -0.2) is 0 Å². The van der Waals surface area contributed by atoms with Gasteiger partial charge < -0.3 is 19.5 Å². The predicted octanol–water partition coefficient (Wildman–Crippen LogP) is 4.11. The van der Waals surface area contributed by atoms with Gasteiger partial charge in [0.2, 0.25) is 0 Å². The fourth-order valence-corrected chi connectivity index (χ4v) is 5.16. The summed E-state index contributed by atoms with van der Waals surface area (Å²) in [5.41, 5.74) is 3.04. The van der Waals surface area contributed by atoms with Crippen LogP contribution in [0.5, 0.6) is 5.75 Å². The lowest BCUT2D eigenvalue weighted by Gasteiger charge is -2.29. The average molecular weight is 528 g/mol. The van der Waals surface area contributed by atoms with Crippen LogP contribution in [-0.2, 0) is 20.9 Å². The van der Waals surface area contributed by atoms with Crippen LogP contribution >= 0.6 is 0 Å². The van der Waals surface area contributed by atoms with Gasteiger partial charge in [0.25, 0.3) is 11.7 Å². The number of carbonyl (C=O) groups is 2. The molecule has 2 aromatic carbocycles. The highest BCUT2D eigenvalue weighted by atomic mass is 16.5. The van der Waals surface area contributed by atoms with Crippen LogP contribution < -0.4 is 4.74 Å². The second-order valence-corrected chi connectivity index (χ2v) is 9.84. The molecule has 0 aliphatic carbocycles. The molecule has 8 heteroatoms. The zero-order chi connectivity index (χ0) is 27.2. The number of Topliss-reactive ketones (excluding diaryl/α,β-unsaturated/α-hetero) is 1. The highest BCUT2D eigenvalue weighted by molar-refractivity contribution is 6.46. The van der Waals surface area contributed by atoms with E-state index >= 15 is 0 Å². The number of nitrogens with zero attached hydrogens (tertiary/aromatic N) is 3. The molecule has 2 saturated heterocycles. The highest BCUT2D eigenvalue weighted by Crippen LogP contribution is 2.40. The first-order valence-corrected chi connectivity index (χ1v) is 13.3. The van der Waals surface area contributed by atoms with Crippen LogP contribution in [0.15, 0.2) is 78.6 Å². The lowest BCUT2D eigenvalue weighted by Crippen LogP contribution is -2.39. The van der Waals surface area contributed by atoms with Crippen LogP contribution in [-0.4, -0.2) is 71.0 Å². The van der Waals surface area contributed by atoms with Gasteiger partial charge in [0, 0.05) is 44.1 Å². The number of aromatic nitrogens is 1. The molecule has 1 N–H and O–H groups in total. The van der Waals surface area contributed by atoms with Crippen LogP contribution in [0.4, 0.5) is 0 Å². The largest absolute Gasteiger partial charge is 0.507 e. The van der Waals surface area contributed by atoms with E-state index in [9.17, 15) is 14.7 Å². The van der Waals surface area contributed by atoms with Gasteiger partial charge in [0.15, 0.2) is 0 Å². The minimum absolute atomic E-state index is 0.0837. The quantitative estimate of drug-likeness (QED) is 0.254. The fourth-order valence-electron chi connectivity index (χ4n) is 5.16. The Morgan fingerprint density at radius 1 is 1.05 bits per heavy atom. The molecule has 2 aliphatic heterocycles. The molecule has 8 nitrogen and oxygen atoms in total. The number of ketones is 1. The van der Waals surface area contributed by atoms with Crippen LogP contribution in [0.3, 0.4) is 0 Å². The Kier molecular flexibility index (Phi) is 8.34. The lowest BCUT2D eigenvalue weighted by molar-refractivity contribution is -0.140. The number of rotatable bonds is 9. The lowest BCUT2D eigenvalue weighted by atomic mass is 9.94. The van der Waals surface area contributed by atoms with E-state index in [-0.39, 0.29) is 11.3 Å². The number of pyridine rings is 1. The van der Waals surface area contributed by atoms with E-state index in [1.165, 1.54) is 0 Å². The van der Waals surface area contributed by atoms with Crippen molar-refractivity contribution in [3.05, 3.63) is 101 Å². The summed E-state index contributed by atoms with van der Waals surface area (Å²) in [6.07, 6.45) is 3.99. The molecule has 2 aliphatic rings. The zero-order valence-corrected chi connectivity index (χ0v) is 22.1. The van der Waals surface area contributed by atoms with E-state index in [0.717, 1.165) is 30.8 Å². The van der Waals surface area contributed by atoms with Gasteiger partial charge in [-0.3, -0.25) is 19.5 Å². The number of aliphatic hydroxyl groups excluding tert-OH is 1. The van der Waals surface area contributed by atoms with Gasteiger partial charge in [-0.1, -0.05) is 36.4 Å². The van der Waals surface area contributed by atoms with Gasteiger partial charge in [-0.2, -0.15) is 0 Å². The number of amides is 1. The van der Waals surface area contributed by atoms with E-state index in [1.54, 1.807) is 35.5 Å². The molecule has 0 radical (unpaired) electrons. The molecule has 0 unspecified atom stereocenters. The number of morpholine rings is 1. The first-order chi connectivity index (χ1) is 19.0. The van der Waals surface area contributed by atoms with Gasteiger partial charge in [-0.15, -0.1) is 0 Å². The minimum atomic E-state index is -0.711. The summed E-state index contributed by atoms with van der Waals surface area (Å²) in [6.45, 7) is 6.58. The standard InChI is InChI=1S/C31H33N3O5/c1-22-19-25(39-21-23-7-3-2-4-8-23)10-11-26(22)29(35)27-28(24-9-5-12-32-20-24)34(31(37)30(27)36)14-6-13-33-15-17-38-18-16-33/h2-5,7-12,19-20,28,35H,6,13-18,21H2,1H3/t28-/m0/s1. The maximum absolute atomic E-state index is 13.3. The van der Waals surface area contributed by atoms with Gasteiger partial charge in [0.05, 0.1) is 24.8 Å². The first-order valence-electron chi connectivity index (χ1n) is 13.3. The van der Waals surface area contributed by atoms with Crippen molar-refractivity contribution in [2.45, 2.75) is 26.0 Å². The summed E-state index contributed by atoms with van der Waals surface area (Å²) in [7, 11) is 0. The Labute approximate surface area is 228 Å².